The van der Waals surface area contributed by atoms with Crippen LogP contribution in [0, 0.1) is 0 Å². The van der Waals surface area contributed by atoms with Crippen molar-refractivity contribution < 1.29 is 9.47 Å². The average Bonchev–Trinajstić information content (AvgIpc) is 2.62. The molecule has 0 aliphatic heterocycles. The number of benzene rings is 2. The van der Waals surface area contributed by atoms with Crippen molar-refractivity contribution in [3.05, 3.63) is 71.8 Å². The van der Waals surface area contributed by atoms with E-state index in [2.05, 4.69) is 38.1 Å². The number of rotatable bonds is 10. The van der Waals surface area contributed by atoms with Crippen molar-refractivity contribution in [1.29, 1.82) is 0 Å². The summed E-state index contributed by atoms with van der Waals surface area (Å²) >= 11 is 0. The van der Waals surface area contributed by atoms with Crippen LogP contribution in [0.5, 0.6) is 0 Å². The molecular formula is C20H27BO2P+. The molecule has 2 radical (unpaired) electrons. The molecule has 0 bridgehead atoms. The predicted molar refractivity (Wildman–Crippen MR) is 105 cm³/mol. The molecule has 0 aromatic heterocycles. The molecule has 2 aromatic carbocycles. The fourth-order valence-electron chi connectivity index (χ4n) is 2.53. The molecule has 0 heterocycles. The van der Waals surface area contributed by atoms with E-state index in [0.717, 1.165) is 0 Å². The molecule has 126 valence electrons. The summed E-state index contributed by atoms with van der Waals surface area (Å²) in [6.45, 7) is 7.10. The first-order chi connectivity index (χ1) is 11.7. The summed E-state index contributed by atoms with van der Waals surface area (Å²) in [7, 11) is 5.46. The minimum absolute atomic E-state index is 0.397. The average molecular weight is 341 g/mol. The van der Waals surface area contributed by atoms with Crippen LogP contribution >= 0.6 is 7.80 Å². The Hall–Kier alpha value is -1.15. The molecule has 2 rings (SSSR count). The highest BCUT2D eigenvalue weighted by molar-refractivity contribution is 7.83. The van der Waals surface area contributed by atoms with Gasteiger partial charge in [-0.2, -0.15) is 0 Å². The molecule has 0 N–H and O–H groups in total. The van der Waals surface area contributed by atoms with E-state index in [1.807, 2.05) is 36.4 Å². The topological polar surface area (TPSA) is 18.5 Å². The molecule has 0 unspecified atom stereocenters. The van der Waals surface area contributed by atoms with Gasteiger partial charge in [0.05, 0.1) is 37.7 Å². The van der Waals surface area contributed by atoms with Gasteiger partial charge >= 0.3 is 7.57 Å². The van der Waals surface area contributed by atoms with Gasteiger partial charge in [0.25, 0.3) is 0 Å². The van der Waals surface area contributed by atoms with E-state index in [1.54, 1.807) is 0 Å². The van der Waals surface area contributed by atoms with Crippen molar-refractivity contribution in [3.63, 3.8) is 0 Å². The molecule has 0 aliphatic rings. The maximum absolute atomic E-state index is 6.46. The van der Waals surface area contributed by atoms with Gasteiger partial charge in [0.15, 0.2) is 0 Å². The summed E-state index contributed by atoms with van der Waals surface area (Å²) in [6.07, 6.45) is 0. The van der Waals surface area contributed by atoms with Crippen molar-refractivity contribution in [1.82, 2.24) is 0 Å². The van der Waals surface area contributed by atoms with Crippen LogP contribution in [-0.2, 0) is 22.7 Å². The third-order valence-electron chi connectivity index (χ3n) is 4.10. The van der Waals surface area contributed by atoms with Gasteiger partial charge in [0.1, 0.15) is 0 Å². The van der Waals surface area contributed by atoms with Crippen LogP contribution in [-0.4, -0.2) is 32.1 Å². The van der Waals surface area contributed by atoms with E-state index in [9.17, 15) is 0 Å². The first kappa shape index (κ1) is 19.2. The van der Waals surface area contributed by atoms with E-state index in [-0.39, 0.29) is 0 Å². The summed E-state index contributed by atoms with van der Waals surface area (Å²) in [4.78, 5) is 0. The van der Waals surface area contributed by atoms with Crippen molar-refractivity contribution in [2.75, 3.05) is 13.2 Å². The lowest BCUT2D eigenvalue weighted by Crippen LogP contribution is -2.19. The highest BCUT2D eigenvalue weighted by atomic mass is 31.1. The predicted octanol–water partition coefficient (Wildman–Crippen LogP) is 4.49. The summed E-state index contributed by atoms with van der Waals surface area (Å²) in [5, 5.41) is 0. The molecule has 0 aliphatic carbocycles. The normalized spacial score (nSPS) is 13.8. The Labute approximate surface area is 148 Å². The fraction of sp³-hybridized carbons (Fsp3) is 0.400. The number of ether oxygens (including phenoxy) is 2. The summed E-state index contributed by atoms with van der Waals surface area (Å²) in [6, 6.07) is 20.5. The van der Waals surface area contributed by atoms with Crippen molar-refractivity contribution in [2.24, 2.45) is 0 Å². The van der Waals surface area contributed by atoms with Crippen LogP contribution < -0.4 is 0 Å². The van der Waals surface area contributed by atoms with Gasteiger partial charge in [0, 0.05) is 0 Å². The van der Waals surface area contributed by atoms with Gasteiger partial charge in [-0.25, -0.2) is 0 Å². The Kier molecular flexibility index (Phi) is 8.52. The maximum Gasteiger partial charge on any atom is 0.363 e. The fourth-order valence-corrected chi connectivity index (χ4v) is 4.13. The van der Waals surface area contributed by atoms with E-state index < -0.39 is 7.80 Å². The van der Waals surface area contributed by atoms with Gasteiger partial charge in [-0.3, -0.25) is 0 Å². The highest BCUT2D eigenvalue weighted by Gasteiger charge is 2.26. The van der Waals surface area contributed by atoms with Crippen LogP contribution in [0.25, 0.3) is 0 Å². The standard InChI is InChI=1S/C20H27BO2P/c1-17(13-22-15-19-9-5-3-6-10-19)24(21)18(2)14-23-16-20-11-7-4-8-12-20/h3-12,17-18,24H,13-16H2,1-2H3/q+1/t17-,18-/m1/s1. The van der Waals surface area contributed by atoms with Crippen molar-refractivity contribution in [3.8, 4) is 0 Å². The quantitative estimate of drug-likeness (QED) is 0.468. The second kappa shape index (κ2) is 10.7. The summed E-state index contributed by atoms with van der Waals surface area (Å²) in [5.41, 5.74) is 3.20. The molecule has 0 spiro atoms. The minimum Gasteiger partial charge on any atom is -0.373 e. The molecule has 0 saturated carbocycles. The molecule has 4 heteroatoms. The second-order valence-electron chi connectivity index (χ2n) is 6.30. The maximum atomic E-state index is 6.46. The van der Waals surface area contributed by atoms with E-state index >= 15 is 0 Å². The largest absolute Gasteiger partial charge is 0.373 e. The van der Waals surface area contributed by atoms with E-state index in [0.29, 0.717) is 37.7 Å². The number of hydrogen-bond acceptors (Lipinski definition) is 2. The monoisotopic (exact) mass is 341 g/mol. The van der Waals surface area contributed by atoms with Gasteiger partial charge in [-0.15, -0.1) is 0 Å². The highest BCUT2D eigenvalue weighted by Crippen LogP contribution is 2.41. The third kappa shape index (κ3) is 6.77. The zero-order valence-corrected chi connectivity index (χ0v) is 15.7. The SMILES string of the molecule is [B][PH+]([C@H](C)COCc1ccccc1)[C@H](C)COCc1ccccc1. The lowest BCUT2D eigenvalue weighted by molar-refractivity contribution is 0.118. The van der Waals surface area contributed by atoms with Crippen LogP contribution in [0.2, 0.25) is 0 Å². The van der Waals surface area contributed by atoms with Crippen LogP contribution in [0.3, 0.4) is 0 Å². The molecule has 2 aromatic rings. The van der Waals surface area contributed by atoms with Crippen LogP contribution in [0.1, 0.15) is 25.0 Å². The zero-order valence-electron chi connectivity index (χ0n) is 14.7. The van der Waals surface area contributed by atoms with Crippen molar-refractivity contribution >= 4 is 15.4 Å². The smallest absolute Gasteiger partial charge is 0.363 e. The molecule has 2 atom stereocenters. The lowest BCUT2D eigenvalue weighted by atomic mass is 10.2. The van der Waals surface area contributed by atoms with Crippen molar-refractivity contribution in [2.45, 2.75) is 38.4 Å². The molecule has 0 amide bonds. The second-order valence-corrected chi connectivity index (χ2v) is 9.27. The number of hydrogen-bond donors (Lipinski definition) is 0. The van der Waals surface area contributed by atoms with Crippen LogP contribution in [0.15, 0.2) is 60.7 Å². The van der Waals surface area contributed by atoms with E-state index in [4.69, 9.17) is 17.0 Å². The molecule has 0 saturated heterocycles. The van der Waals surface area contributed by atoms with Crippen LogP contribution in [0.4, 0.5) is 0 Å². The first-order valence-electron chi connectivity index (χ1n) is 8.52. The molecule has 24 heavy (non-hydrogen) atoms. The Bertz CT molecular complexity index is 513. The van der Waals surface area contributed by atoms with Gasteiger partial charge in [-0.05, 0) is 32.8 Å². The Balaban J connectivity index is 1.64. The van der Waals surface area contributed by atoms with Gasteiger partial charge in [-0.1, -0.05) is 60.7 Å². The Morgan fingerprint density at radius 2 is 1.12 bits per heavy atom. The zero-order chi connectivity index (χ0) is 17.2. The molecular weight excluding hydrogens is 314 g/mol. The van der Waals surface area contributed by atoms with E-state index in [1.165, 1.54) is 11.1 Å². The Morgan fingerprint density at radius 3 is 1.50 bits per heavy atom. The third-order valence-corrected chi connectivity index (χ3v) is 6.71. The van der Waals surface area contributed by atoms with Gasteiger partial charge in [0.2, 0.25) is 0 Å². The van der Waals surface area contributed by atoms with Gasteiger partial charge < -0.3 is 9.47 Å². The summed E-state index contributed by atoms with van der Waals surface area (Å²) < 4.78 is 11.7. The Morgan fingerprint density at radius 1 is 0.750 bits per heavy atom. The first-order valence-corrected chi connectivity index (χ1v) is 10.3. The minimum atomic E-state index is -1.00. The summed E-state index contributed by atoms with van der Waals surface area (Å²) in [5.74, 6) is 0. The lowest BCUT2D eigenvalue weighted by Gasteiger charge is -2.20. The molecule has 0 fully saturated rings. The molecule has 2 nitrogen and oxygen atoms in total.